The molecule has 6 heteroatoms. The summed E-state index contributed by atoms with van der Waals surface area (Å²) < 4.78 is 40.8. The number of hydrogen-bond acceptors (Lipinski definition) is 1. The van der Waals surface area contributed by atoms with Crippen molar-refractivity contribution in [1.29, 1.82) is 0 Å². The molecule has 0 atom stereocenters. The zero-order valence-electron chi connectivity index (χ0n) is 10.1. The van der Waals surface area contributed by atoms with Gasteiger partial charge in [-0.25, -0.2) is 18.2 Å². The van der Waals surface area contributed by atoms with E-state index in [-0.39, 0.29) is 12.0 Å². The largest absolute Gasteiger partial charge is 0.342 e. The quantitative estimate of drug-likeness (QED) is 0.738. The van der Waals surface area contributed by atoms with Gasteiger partial charge < -0.3 is 4.98 Å². The molecule has 20 heavy (non-hydrogen) atoms. The van der Waals surface area contributed by atoms with E-state index in [1.807, 2.05) is 0 Å². The number of H-pyrrole nitrogens is 1. The van der Waals surface area contributed by atoms with Crippen LogP contribution in [-0.4, -0.2) is 9.97 Å². The maximum absolute atomic E-state index is 13.6. The summed E-state index contributed by atoms with van der Waals surface area (Å²) in [6.45, 7) is 0. The summed E-state index contributed by atoms with van der Waals surface area (Å²) in [4.78, 5) is 7.07. The van der Waals surface area contributed by atoms with Gasteiger partial charge in [-0.1, -0.05) is 6.07 Å². The fraction of sp³-hybridized carbons (Fsp3) is 0.0714. The van der Waals surface area contributed by atoms with Crippen LogP contribution >= 0.6 is 15.9 Å². The fourth-order valence-electron chi connectivity index (χ4n) is 2.01. The first-order valence-electron chi connectivity index (χ1n) is 5.81. The van der Waals surface area contributed by atoms with E-state index < -0.39 is 17.5 Å². The van der Waals surface area contributed by atoms with Crippen molar-refractivity contribution in [2.75, 3.05) is 0 Å². The second-order valence-electron chi connectivity index (χ2n) is 4.34. The summed E-state index contributed by atoms with van der Waals surface area (Å²) >= 11 is 3.07. The lowest BCUT2D eigenvalue weighted by Gasteiger charge is -2.01. The number of halogens is 4. The molecule has 0 unspecified atom stereocenters. The number of nitrogens with zero attached hydrogens (tertiary/aromatic N) is 1. The summed E-state index contributed by atoms with van der Waals surface area (Å²) in [7, 11) is 0. The highest BCUT2D eigenvalue weighted by Crippen LogP contribution is 2.23. The van der Waals surface area contributed by atoms with Crippen LogP contribution in [0.3, 0.4) is 0 Å². The molecule has 1 heterocycles. The third-order valence-electron chi connectivity index (χ3n) is 2.98. The second kappa shape index (κ2) is 4.94. The van der Waals surface area contributed by atoms with Gasteiger partial charge in [-0.2, -0.15) is 0 Å². The minimum atomic E-state index is -0.627. The summed E-state index contributed by atoms with van der Waals surface area (Å²) in [6.07, 6.45) is -0.0214. The summed E-state index contributed by atoms with van der Waals surface area (Å²) in [5.74, 6) is -1.30. The van der Waals surface area contributed by atoms with E-state index in [2.05, 4.69) is 25.9 Å². The van der Waals surface area contributed by atoms with Gasteiger partial charge in [0.1, 0.15) is 23.3 Å². The van der Waals surface area contributed by atoms with Gasteiger partial charge in [0, 0.05) is 18.1 Å². The van der Waals surface area contributed by atoms with Crippen molar-refractivity contribution in [1.82, 2.24) is 9.97 Å². The van der Waals surface area contributed by atoms with E-state index in [0.717, 1.165) is 0 Å². The van der Waals surface area contributed by atoms with Crippen LogP contribution in [0.15, 0.2) is 34.8 Å². The molecule has 0 aliphatic rings. The van der Waals surface area contributed by atoms with E-state index in [4.69, 9.17) is 0 Å². The Kier molecular flexibility index (Phi) is 3.25. The predicted molar refractivity (Wildman–Crippen MR) is 72.9 cm³/mol. The first kappa shape index (κ1) is 13.2. The van der Waals surface area contributed by atoms with Crippen LogP contribution in [0, 0.1) is 17.5 Å². The highest BCUT2D eigenvalue weighted by Gasteiger charge is 2.13. The minimum absolute atomic E-state index is 0.0214. The average Bonchev–Trinajstić information content (AvgIpc) is 2.76. The summed E-state index contributed by atoms with van der Waals surface area (Å²) in [5.41, 5.74) is 0.952. The molecule has 0 fully saturated rings. The molecule has 0 aliphatic carbocycles. The van der Waals surface area contributed by atoms with Crippen LogP contribution in [-0.2, 0) is 6.42 Å². The maximum atomic E-state index is 13.6. The monoisotopic (exact) mass is 340 g/mol. The molecule has 0 bridgehead atoms. The van der Waals surface area contributed by atoms with Crippen molar-refractivity contribution >= 4 is 27.0 Å². The molecule has 0 amide bonds. The van der Waals surface area contributed by atoms with E-state index in [9.17, 15) is 13.2 Å². The normalized spacial score (nSPS) is 11.2. The van der Waals surface area contributed by atoms with Crippen molar-refractivity contribution < 1.29 is 13.2 Å². The molecule has 0 saturated heterocycles. The van der Waals surface area contributed by atoms with E-state index in [1.54, 1.807) is 0 Å². The molecule has 102 valence electrons. The Bertz CT molecular complexity index is 739. The SMILES string of the molecule is Fc1cc2[nH]c(Cc3c(F)cccc3F)nc2cc1Br. The highest BCUT2D eigenvalue weighted by molar-refractivity contribution is 9.10. The van der Waals surface area contributed by atoms with Crippen LogP contribution in [0.4, 0.5) is 13.2 Å². The van der Waals surface area contributed by atoms with Crippen molar-refractivity contribution in [2.24, 2.45) is 0 Å². The molecule has 2 nitrogen and oxygen atoms in total. The second-order valence-corrected chi connectivity index (χ2v) is 5.20. The molecule has 3 aromatic rings. The zero-order valence-corrected chi connectivity index (χ0v) is 11.6. The molecule has 0 spiro atoms. The van der Waals surface area contributed by atoms with Gasteiger partial charge in [0.2, 0.25) is 0 Å². The smallest absolute Gasteiger partial charge is 0.139 e. The topological polar surface area (TPSA) is 28.7 Å². The van der Waals surface area contributed by atoms with Crippen molar-refractivity contribution in [2.45, 2.75) is 6.42 Å². The van der Waals surface area contributed by atoms with Crippen molar-refractivity contribution in [3.63, 3.8) is 0 Å². The van der Waals surface area contributed by atoms with Crippen LogP contribution in [0.25, 0.3) is 11.0 Å². The lowest BCUT2D eigenvalue weighted by atomic mass is 10.1. The van der Waals surface area contributed by atoms with E-state index in [1.165, 1.54) is 30.3 Å². The minimum Gasteiger partial charge on any atom is -0.342 e. The number of rotatable bonds is 2. The van der Waals surface area contributed by atoms with Gasteiger partial charge in [-0.15, -0.1) is 0 Å². The zero-order chi connectivity index (χ0) is 14.3. The van der Waals surface area contributed by atoms with Crippen molar-refractivity contribution in [3.8, 4) is 0 Å². The maximum Gasteiger partial charge on any atom is 0.139 e. The summed E-state index contributed by atoms with van der Waals surface area (Å²) in [6, 6.07) is 6.49. The molecule has 0 aliphatic heterocycles. The molecular formula is C14H8BrF3N2. The van der Waals surface area contributed by atoms with Crippen LogP contribution in [0.1, 0.15) is 11.4 Å². The molecule has 2 aromatic carbocycles. The highest BCUT2D eigenvalue weighted by atomic mass is 79.9. The van der Waals surface area contributed by atoms with Crippen LogP contribution < -0.4 is 0 Å². The molecule has 0 radical (unpaired) electrons. The number of imidazole rings is 1. The van der Waals surface area contributed by atoms with Gasteiger partial charge in [0.25, 0.3) is 0 Å². The van der Waals surface area contributed by atoms with Gasteiger partial charge >= 0.3 is 0 Å². The Morgan fingerprint density at radius 1 is 1.05 bits per heavy atom. The van der Waals surface area contributed by atoms with Gasteiger partial charge in [0.05, 0.1) is 15.5 Å². The third kappa shape index (κ3) is 2.31. The standard InChI is InChI=1S/C14H8BrF3N2/c15-8-5-12-13(6-11(8)18)20-14(19-12)4-7-9(16)2-1-3-10(7)17/h1-3,5-6H,4H2,(H,19,20). The third-order valence-corrected chi connectivity index (χ3v) is 3.59. The fourth-order valence-corrected chi connectivity index (χ4v) is 2.34. The number of fused-ring (bicyclic) bond motifs is 1. The number of aromatic amines is 1. The van der Waals surface area contributed by atoms with Crippen LogP contribution in [0.5, 0.6) is 0 Å². The summed E-state index contributed by atoms with van der Waals surface area (Å²) in [5, 5.41) is 0. The lowest BCUT2D eigenvalue weighted by Crippen LogP contribution is -1.98. The van der Waals surface area contributed by atoms with Gasteiger partial charge in [-0.3, -0.25) is 0 Å². The number of benzene rings is 2. The number of nitrogens with one attached hydrogen (secondary N) is 1. The Morgan fingerprint density at radius 2 is 1.75 bits per heavy atom. The molecule has 0 saturated carbocycles. The Morgan fingerprint density at radius 3 is 2.45 bits per heavy atom. The van der Waals surface area contributed by atoms with E-state index in [0.29, 0.717) is 21.3 Å². The number of hydrogen-bond donors (Lipinski definition) is 1. The Labute approximate surface area is 120 Å². The van der Waals surface area contributed by atoms with Gasteiger partial charge in [-0.05, 0) is 34.1 Å². The average molecular weight is 341 g/mol. The molecule has 1 aromatic heterocycles. The van der Waals surface area contributed by atoms with Gasteiger partial charge in [0.15, 0.2) is 0 Å². The Hall–Kier alpha value is -1.82. The molecular weight excluding hydrogens is 333 g/mol. The van der Waals surface area contributed by atoms with E-state index >= 15 is 0 Å². The Balaban J connectivity index is 2.03. The first-order valence-corrected chi connectivity index (χ1v) is 6.60. The lowest BCUT2D eigenvalue weighted by molar-refractivity contribution is 0.559. The first-order chi connectivity index (χ1) is 9.54. The molecule has 3 rings (SSSR count). The predicted octanol–water partition coefficient (Wildman–Crippen LogP) is 4.33. The number of aromatic nitrogens is 2. The van der Waals surface area contributed by atoms with Crippen LogP contribution in [0.2, 0.25) is 0 Å². The van der Waals surface area contributed by atoms with Crippen molar-refractivity contribution in [3.05, 3.63) is 63.6 Å². The molecule has 1 N–H and O–H groups in total.